The van der Waals surface area contributed by atoms with Crippen LogP contribution in [0, 0.1) is 10.1 Å². The molecule has 8 nitrogen and oxygen atoms in total. The number of nitro groups is 1. The number of hydrogen-bond acceptors (Lipinski definition) is 6. The lowest BCUT2D eigenvalue weighted by Crippen LogP contribution is -2.47. The minimum Gasteiger partial charge on any atom is -0.457 e. The highest BCUT2D eigenvalue weighted by atomic mass is 35.5. The molecule has 0 spiro atoms. The number of non-ortho nitro benzene ring substituents is 1. The zero-order chi connectivity index (χ0) is 21.0. The van der Waals surface area contributed by atoms with Crippen molar-refractivity contribution < 1.29 is 18.1 Å². The second kappa shape index (κ2) is 8.91. The molecule has 2 aromatic carbocycles. The van der Waals surface area contributed by atoms with Gasteiger partial charge in [-0.2, -0.15) is 4.31 Å². The van der Waals surface area contributed by atoms with E-state index in [-0.39, 0.29) is 17.0 Å². The van der Waals surface area contributed by atoms with Gasteiger partial charge in [-0.15, -0.1) is 6.58 Å². The van der Waals surface area contributed by atoms with E-state index < -0.39 is 20.2 Å². The van der Waals surface area contributed by atoms with Crippen LogP contribution in [-0.4, -0.2) is 43.8 Å². The average molecular weight is 438 g/mol. The number of nitro benzene ring substituents is 1. The van der Waals surface area contributed by atoms with Crippen molar-refractivity contribution in [3.05, 3.63) is 75.8 Å². The van der Waals surface area contributed by atoms with E-state index in [0.29, 0.717) is 37.0 Å². The number of halogens is 1. The van der Waals surface area contributed by atoms with Crippen molar-refractivity contribution in [1.29, 1.82) is 0 Å². The number of sulfonamides is 1. The van der Waals surface area contributed by atoms with Gasteiger partial charge in [-0.1, -0.05) is 23.7 Å². The number of nitrogens with zero attached hydrogens (tertiary/aromatic N) is 2. The van der Waals surface area contributed by atoms with E-state index in [1.54, 1.807) is 24.3 Å². The summed E-state index contributed by atoms with van der Waals surface area (Å²) in [5.74, 6) is 0.566. The lowest BCUT2D eigenvalue weighted by Gasteiger charge is -2.30. The predicted molar refractivity (Wildman–Crippen MR) is 111 cm³/mol. The van der Waals surface area contributed by atoms with Crippen molar-refractivity contribution in [3.63, 3.8) is 0 Å². The summed E-state index contributed by atoms with van der Waals surface area (Å²) >= 11 is 5.99. The summed E-state index contributed by atoms with van der Waals surface area (Å²) in [7, 11) is -3.85. The third-order valence-corrected chi connectivity index (χ3v) is 6.91. The van der Waals surface area contributed by atoms with E-state index >= 15 is 0 Å². The molecule has 0 aliphatic carbocycles. The van der Waals surface area contributed by atoms with Crippen molar-refractivity contribution in [1.82, 2.24) is 9.62 Å². The molecule has 0 aromatic heterocycles. The number of benzene rings is 2. The van der Waals surface area contributed by atoms with E-state index in [4.69, 9.17) is 16.3 Å². The van der Waals surface area contributed by atoms with Crippen LogP contribution in [0.3, 0.4) is 0 Å². The summed E-state index contributed by atoms with van der Waals surface area (Å²) in [6, 6.07) is 10.5. The molecule has 0 amide bonds. The topological polar surface area (TPSA) is 102 Å². The first-order chi connectivity index (χ1) is 13.8. The molecule has 1 N–H and O–H groups in total. The standard InChI is InChI=1S/C19H20ClN3O5S/c1-2-19(29(26,27)22-10-8-21-9-11-22)17-13-15(23(24)25)6-7-18(17)28-16-5-3-4-14(20)12-16/h2-7,12-13,19,21H,1,8-11H2. The van der Waals surface area contributed by atoms with Crippen LogP contribution in [0.15, 0.2) is 55.1 Å². The Morgan fingerprint density at radius 1 is 1.24 bits per heavy atom. The van der Waals surface area contributed by atoms with Gasteiger partial charge in [0.15, 0.2) is 0 Å². The fourth-order valence-electron chi connectivity index (χ4n) is 3.09. The largest absolute Gasteiger partial charge is 0.457 e. The molecule has 0 bridgehead atoms. The molecule has 3 rings (SSSR count). The van der Waals surface area contributed by atoms with Crippen LogP contribution in [0.2, 0.25) is 5.02 Å². The van der Waals surface area contributed by atoms with Gasteiger partial charge in [0.1, 0.15) is 16.7 Å². The van der Waals surface area contributed by atoms with Gasteiger partial charge < -0.3 is 10.1 Å². The molecule has 29 heavy (non-hydrogen) atoms. The Morgan fingerprint density at radius 3 is 2.59 bits per heavy atom. The summed E-state index contributed by atoms with van der Waals surface area (Å²) < 4.78 is 33.7. The first-order valence-corrected chi connectivity index (χ1v) is 10.7. The van der Waals surface area contributed by atoms with E-state index in [2.05, 4.69) is 11.9 Å². The van der Waals surface area contributed by atoms with Gasteiger partial charge in [0.2, 0.25) is 10.0 Å². The fraction of sp³-hybridized carbons (Fsp3) is 0.263. The van der Waals surface area contributed by atoms with E-state index in [9.17, 15) is 18.5 Å². The van der Waals surface area contributed by atoms with Crippen LogP contribution in [0.5, 0.6) is 11.5 Å². The van der Waals surface area contributed by atoms with Crippen LogP contribution in [0.1, 0.15) is 10.8 Å². The zero-order valence-electron chi connectivity index (χ0n) is 15.5. The highest BCUT2D eigenvalue weighted by molar-refractivity contribution is 7.89. The fourth-order valence-corrected chi connectivity index (χ4v) is 5.03. The van der Waals surface area contributed by atoms with Gasteiger partial charge in [-0.25, -0.2) is 8.42 Å². The van der Waals surface area contributed by atoms with Crippen LogP contribution in [-0.2, 0) is 10.0 Å². The third kappa shape index (κ3) is 4.76. The van der Waals surface area contributed by atoms with Gasteiger partial charge in [-0.05, 0) is 24.3 Å². The van der Waals surface area contributed by atoms with E-state index in [0.717, 1.165) is 0 Å². The first kappa shape index (κ1) is 21.3. The highest BCUT2D eigenvalue weighted by Gasteiger charge is 2.35. The molecular weight excluding hydrogens is 418 g/mol. The third-order valence-electron chi connectivity index (χ3n) is 4.51. The Labute approximate surface area is 173 Å². The quantitative estimate of drug-likeness (QED) is 0.404. The normalized spacial score (nSPS) is 16.2. The van der Waals surface area contributed by atoms with Crippen LogP contribution < -0.4 is 10.1 Å². The molecule has 1 fully saturated rings. The van der Waals surface area contributed by atoms with Gasteiger partial charge in [0.05, 0.1) is 4.92 Å². The molecular formula is C19H20ClN3O5S. The first-order valence-electron chi connectivity index (χ1n) is 8.87. The van der Waals surface area contributed by atoms with Gasteiger partial charge >= 0.3 is 0 Å². The van der Waals surface area contributed by atoms with Gasteiger partial charge in [0, 0.05) is 48.9 Å². The smallest absolute Gasteiger partial charge is 0.270 e. The summed E-state index contributed by atoms with van der Waals surface area (Å²) in [5, 5.41) is 13.6. The maximum absolute atomic E-state index is 13.2. The SMILES string of the molecule is C=CC(c1cc([N+](=O)[O-])ccc1Oc1cccc(Cl)c1)S(=O)(=O)N1CCNCC1. The minimum atomic E-state index is -3.85. The predicted octanol–water partition coefficient (Wildman–Crippen LogP) is 3.50. The summed E-state index contributed by atoms with van der Waals surface area (Å²) in [6.45, 7) is 5.35. The van der Waals surface area contributed by atoms with Crippen molar-refractivity contribution in [2.24, 2.45) is 0 Å². The molecule has 0 radical (unpaired) electrons. The van der Waals surface area contributed by atoms with Crippen molar-refractivity contribution >= 4 is 27.3 Å². The van der Waals surface area contributed by atoms with Crippen molar-refractivity contribution in [2.75, 3.05) is 26.2 Å². The van der Waals surface area contributed by atoms with Gasteiger partial charge in [0.25, 0.3) is 5.69 Å². The Hall–Kier alpha value is -2.46. The highest BCUT2D eigenvalue weighted by Crippen LogP contribution is 2.38. The van der Waals surface area contributed by atoms with E-state index in [1.807, 2.05) is 0 Å². The molecule has 1 atom stereocenters. The van der Waals surface area contributed by atoms with Crippen LogP contribution in [0.25, 0.3) is 0 Å². The Morgan fingerprint density at radius 2 is 1.97 bits per heavy atom. The molecule has 1 unspecified atom stereocenters. The second-order valence-electron chi connectivity index (χ2n) is 6.39. The molecule has 10 heteroatoms. The molecule has 2 aromatic rings. The second-order valence-corrected chi connectivity index (χ2v) is 8.88. The monoisotopic (exact) mass is 437 g/mol. The molecule has 1 heterocycles. The Bertz CT molecular complexity index is 1020. The molecule has 154 valence electrons. The zero-order valence-corrected chi connectivity index (χ0v) is 17.0. The number of rotatable bonds is 7. The van der Waals surface area contributed by atoms with Crippen molar-refractivity contribution in [3.8, 4) is 11.5 Å². The summed E-state index contributed by atoms with van der Waals surface area (Å²) in [6.07, 6.45) is 1.27. The molecule has 1 saturated heterocycles. The van der Waals surface area contributed by atoms with Gasteiger partial charge in [-0.3, -0.25) is 10.1 Å². The Balaban J connectivity index is 2.07. The summed E-state index contributed by atoms with van der Waals surface area (Å²) in [4.78, 5) is 10.7. The van der Waals surface area contributed by atoms with E-state index in [1.165, 1.54) is 28.6 Å². The van der Waals surface area contributed by atoms with Crippen molar-refractivity contribution in [2.45, 2.75) is 5.25 Å². The number of nitrogens with one attached hydrogen (secondary N) is 1. The van der Waals surface area contributed by atoms with Crippen LogP contribution in [0.4, 0.5) is 5.69 Å². The maximum atomic E-state index is 13.2. The average Bonchev–Trinajstić information content (AvgIpc) is 2.70. The summed E-state index contributed by atoms with van der Waals surface area (Å²) in [5.41, 5.74) is -0.0893. The Kier molecular flexibility index (Phi) is 6.53. The number of hydrogen-bond donors (Lipinski definition) is 1. The molecule has 1 aliphatic rings. The van der Waals surface area contributed by atoms with Crippen LogP contribution >= 0.6 is 11.6 Å². The number of ether oxygens (including phenoxy) is 1. The lowest BCUT2D eigenvalue weighted by atomic mass is 10.1. The number of piperazine rings is 1. The lowest BCUT2D eigenvalue weighted by molar-refractivity contribution is -0.384. The molecule has 0 saturated carbocycles. The minimum absolute atomic E-state index is 0.146. The molecule has 1 aliphatic heterocycles. The maximum Gasteiger partial charge on any atom is 0.270 e.